The van der Waals surface area contributed by atoms with Crippen LogP contribution in [0.15, 0.2) is 73.1 Å². The maximum Gasteiger partial charge on any atom is 0.251 e. The van der Waals surface area contributed by atoms with Gasteiger partial charge < -0.3 is 30.6 Å². The van der Waals surface area contributed by atoms with Gasteiger partial charge in [0, 0.05) is 50.4 Å². The molecule has 1 aliphatic carbocycles. The summed E-state index contributed by atoms with van der Waals surface area (Å²) >= 11 is 0. The Hall–Kier alpha value is -4.48. The average molecular weight is 656 g/mol. The van der Waals surface area contributed by atoms with Gasteiger partial charge in [-0.3, -0.25) is 19.3 Å². The van der Waals surface area contributed by atoms with Gasteiger partial charge in [-0.15, -0.1) is 0 Å². The van der Waals surface area contributed by atoms with Crippen LogP contribution in [0.4, 0.5) is 0 Å². The molecule has 2 aromatic carbocycles. The van der Waals surface area contributed by atoms with Crippen LogP contribution >= 0.6 is 0 Å². The van der Waals surface area contributed by atoms with Gasteiger partial charge in [0.1, 0.15) is 23.1 Å². The normalized spacial score (nSPS) is 20.7. The zero-order valence-corrected chi connectivity index (χ0v) is 27.5. The molecule has 2 saturated heterocycles. The molecule has 0 unspecified atom stereocenters. The van der Waals surface area contributed by atoms with E-state index in [1.54, 1.807) is 42.3 Å². The Labute approximate surface area is 281 Å². The third-order valence-electron chi connectivity index (χ3n) is 10.3. The fourth-order valence-electron chi connectivity index (χ4n) is 7.49. The van der Waals surface area contributed by atoms with Crippen LogP contribution in [-0.4, -0.2) is 77.0 Å². The standard InChI is InChI=1S/C37H45N5O6/c1-38-34(44)29-11-15-31(16-12-29)48-30-13-9-27(10-14-30)24-40-22-18-37(19-23-40)36(46)39-32(33(43)28-7-3-2-4-8-28)35(45)42(37)21-17-26-6-5-20-41(47)25-26/h5-6,9-16,20,25,28,32-33,43H,2-4,7-8,17-19,21-24H2,1H3,(H,38,44)(H,39,46)/t32-,33-/m1/s1. The molecule has 0 radical (unpaired) electrons. The molecule has 11 nitrogen and oxygen atoms in total. The van der Waals surface area contributed by atoms with E-state index in [1.807, 2.05) is 30.3 Å². The number of aliphatic hydroxyl groups excluding tert-OH is 1. The average Bonchev–Trinajstić information content (AvgIpc) is 3.11. The molecule has 1 spiro atoms. The molecule has 6 rings (SSSR count). The third-order valence-corrected chi connectivity index (χ3v) is 10.3. The van der Waals surface area contributed by atoms with Gasteiger partial charge in [0.15, 0.2) is 12.4 Å². The van der Waals surface area contributed by atoms with Crippen LogP contribution in [0.5, 0.6) is 11.5 Å². The first kappa shape index (κ1) is 33.4. The zero-order valence-electron chi connectivity index (χ0n) is 27.5. The van der Waals surface area contributed by atoms with Crippen molar-refractivity contribution in [2.45, 2.75) is 75.6 Å². The predicted molar refractivity (Wildman–Crippen MR) is 179 cm³/mol. The lowest BCUT2D eigenvalue weighted by molar-refractivity contribution is -0.605. The summed E-state index contributed by atoms with van der Waals surface area (Å²) in [5.74, 6) is 0.730. The van der Waals surface area contributed by atoms with E-state index in [-0.39, 0.29) is 23.6 Å². The van der Waals surface area contributed by atoms with Gasteiger partial charge in [0.05, 0.1) is 6.10 Å². The molecule has 2 atom stereocenters. The van der Waals surface area contributed by atoms with Crippen molar-refractivity contribution < 1.29 is 29.0 Å². The van der Waals surface area contributed by atoms with Crippen LogP contribution < -0.4 is 20.1 Å². The molecule has 2 aliphatic heterocycles. The van der Waals surface area contributed by atoms with E-state index in [2.05, 4.69) is 15.5 Å². The highest BCUT2D eigenvalue weighted by atomic mass is 16.5. The summed E-state index contributed by atoms with van der Waals surface area (Å²) < 4.78 is 6.71. The smallest absolute Gasteiger partial charge is 0.251 e. The van der Waals surface area contributed by atoms with Gasteiger partial charge >= 0.3 is 0 Å². The van der Waals surface area contributed by atoms with E-state index in [4.69, 9.17) is 4.74 Å². The monoisotopic (exact) mass is 655 g/mol. The first-order valence-electron chi connectivity index (χ1n) is 17.1. The first-order chi connectivity index (χ1) is 23.3. The molecule has 3 aromatic rings. The van der Waals surface area contributed by atoms with E-state index in [1.165, 1.54) is 12.4 Å². The number of hydrogen-bond donors (Lipinski definition) is 3. The minimum atomic E-state index is -1.01. The SMILES string of the molecule is CNC(=O)c1ccc(Oc2ccc(CN3CCC4(CC3)C(=O)N[C@H]([C@H](O)C3CCCCC3)C(=O)N4CCc3ccc[n+]([O-])c3)cc2)cc1. The number of hydrogen-bond acceptors (Lipinski definition) is 7. The Kier molecular flexibility index (Phi) is 10.3. The Morgan fingerprint density at radius 3 is 2.33 bits per heavy atom. The molecule has 0 bridgehead atoms. The second-order valence-corrected chi connectivity index (χ2v) is 13.3. The van der Waals surface area contributed by atoms with E-state index in [0.717, 1.165) is 48.0 Å². The number of aliphatic hydroxyl groups is 1. The number of piperazine rings is 1. The molecule has 1 saturated carbocycles. The van der Waals surface area contributed by atoms with E-state index in [9.17, 15) is 24.7 Å². The number of benzene rings is 2. The number of carbonyl (C=O) groups is 3. The number of rotatable bonds is 10. The second-order valence-electron chi connectivity index (χ2n) is 13.3. The van der Waals surface area contributed by atoms with Crippen molar-refractivity contribution in [1.82, 2.24) is 20.4 Å². The van der Waals surface area contributed by atoms with Gasteiger partial charge in [-0.2, -0.15) is 4.73 Å². The predicted octanol–water partition coefficient (Wildman–Crippen LogP) is 3.32. The number of piperidine rings is 1. The summed E-state index contributed by atoms with van der Waals surface area (Å²) in [6.45, 7) is 2.22. The van der Waals surface area contributed by atoms with Crippen molar-refractivity contribution in [2.24, 2.45) is 5.92 Å². The van der Waals surface area contributed by atoms with Crippen molar-refractivity contribution >= 4 is 17.7 Å². The van der Waals surface area contributed by atoms with Gasteiger partial charge in [-0.1, -0.05) is 31.4 Å². The molecule has 3 aliphatic rings. The zero-order chi connectivity index (χ0) is 33.7. The van der Waals surface area contributed by atoms with E-state index in [0.29, 0.717) is 62.5 Å². The van der Waals surface area contributed by atoms with Crippen LogP contribution in [0.3, 0.4) is 0 Å². The highest BCUT2D eigenvalue weighted by molar-refractivity contribution is 6.00. The van der Waals surface area contributed by atoms with Crippen molar-refractivity contribution in [1.29, 1.82) is 0 Å². The van der Waals surface area contributed by atoms with Crippen LogP contribution in [0.25, 0.3) is 0 Å². The molecule has 3 heterocycles. The molecule has 254 valence electrons. The quantitative estimate of drug-likeness (QED) is 0.225. The maximum atomic E-state index is 14.2. The number of pyridine rings is 1. The minimum absolute atomic E-state index is 0.00866. The number of carbonyl (C=O) groups excluding carboxylic acids is 3. The number of nitrogens with one attached hydrogen (secondary N) is 2. The summed E-state index contributed by atoms with van der Waals surface area (Å²) in [6, 6.07) is 17.4. The first-order valence-corrected chi connectivity index (χ1v) is 17.1. The summed E-state index contributed by atoms with van der Waals surface area (Å²) in [5, 5.41) is 28.8. The fourth-order valence-corrected chi connectivity index (χ4v) is 7.49. The fraction of sp³-hybridized carbons (Fsp3) is 0.459. The van der Waals surface area contributed by atoms with Crippen molar-refractivity contribution in [3.05, 3.63) is 95.0 Å². The van der Waals surface area contributed by atoms with Crippen molar-refractivity contribution in [3.63, 3.8) is 0 Å². The lowest BCUT2D eigenvalue weighted by Gasteiger charge is -2.52. The Morgan fingerprint density at radius 1 is 1.02 bits per heavy atom. The minimum Gasteiger partial charge on any atom is -0.619 e. The molecule has 3 fully saturated rings. The Morgan fingerprint density at radius 2 is 1.69 bits per heavy atom. The summed E-state index contributed by atoms with van der Waals surface area (Å²) in [4.78, 5) is 43.9. The van der Waals surface area contributed by atoms with E-state index >= 15 is 0 Å². The summed E-state index contributed by atoms with van der Waals surface area (Å²) in [5.41, 5.74) is 1.44. The molecular formula is C37H45N5O6. The molecular weight excluding hydrogens is 610 g/mol. The lowest BCUT2D eigenvalue weighted by Crippen LogP contribution is -2.75. The largest absolute Gasteiger partial charge is 0.619 e. The number of amides is 3. The van der Waals surface area contributed by atoms with Gasteiger partial charge in [0.25, 0.3) is 5.91 Å². The number of likely N-dealkylation sites (tertiary alicyclic amines) is 1. The molecule has 1 aromatic heterocycles. The molecule has 11 heteroatoms. The van der Waals surface area contributed by atoms with Crippen LogP contribution in [0.1, 0.15) is 66.4 Å². The van der Waals surface area contributed by atoms with Crippen molar-refractivity contribution in [3.8, 4) is 11.5 Å². The van der Waals surface area contributed by atoms with Crippen LogP contribution in [-0.2, 0) is 22.6 Å². The highest BCUT2D eigenvalue weighted by Gasteiger charge is 2.55. The number of nitrogens with zero attached hydrogens (tertiary/aromatic N) is 3. The molecule has 48 heavy (non-hydrogen) atoms. The summed E-state index contributed by atoms with van der Waals surface area (Å²) in [6.07, 6.45) is 8.26. The molecule has 3 amide bonds. The third kappa shape index (κ3) is 7.32. The summed E-state index contributed by atoms with van der Waals surface area (Å²) in [7, 11) is 1.59. The van der Waals surface area contributed by atoms with Crippen molar-refractivity contribution in [2.75, 3.05) is 26.7 Å². The molecule has 3 N–H and O–H groups in total. The second kappa shape index (κ2) is 14.7. The maximum absolute atomic E-state index is 14.2. The van der Waals surface area contributed by atoms with Gasteiger partial charge in [0.2, 0.25) is 11.8 Å². The Balaban J connectivity index is 1.11. The number of ether oxygens (including phenoxy) is 1. The lowest BCUT2D eigenvalue weighted by atomic mass is 9.77. The van der Waals surface area contributed by atoms with Crippen LogP contribution in [0.2, 0.25) is 0 Å². The van der Waals surface area contributed by atoms with E-state index < -0.39 is 17.7 Å². The Bertz CT molecular complexity index is 1580. The highest BCUT2D eigenvalue weighted by Crippen LogP contribution is 2.36. The van der Waals surface area contributed by atoms with Gasteiger partial charge in [-0.25, -0.2) is 0 Å². The van der Waals surface area contributed by atoms with Gasteiger partial charge in [-0.05, 0) is 86.1 Å². The number of aromatic nitrogens is 1. The van der Waals surface area contributed by atoms with Crippen LogP contribution in [0, 0.1) is 11.1 Å². The topological polar surface area (TPSA) is 138 Å².